The second kappa shape index (κ2) is 5.61. The van der Waals surface area contributed by atoms with Crippen LogP contribution in [0.4, 0.5) is 8.78 Å². The molecule has 1 aromatic rings. The van der Waals surface area contributed by atoms with Gasteiger partial charge in [0.25, 0.3) is 6.43 Å². The average Bonchev–Trinajstić information content (AvgIpc) is 2.19. The first kappa shape index (κ1) is 12.6. The fraction of sp³-hybridized carbons (Fsp3) is 0.333. The molecule has 0 aromatic heterocycles. The molecule has 6 heteroatoms. The van der Waals surface area contributed by atoms with Crippen LogP contribution in [0.2, 0.25) is 10.0 Å². The molecule has 3 N–H and O–H groups in total. The lowest BCUT2D eigenvalue weighted by Crippen LogP contribution is -2.42. The summed E-state index contributed by atoms with van der Waals surface area (Å²) in [5.74, 6) is 5.00. The quantitative estimate of drug-likeness (QED) is 0.641. The molecule has 0 aliphatic carbocycles. The highest BCUT2D eigenvalue weighted by Gasteiger charge is 2.19. The lowest BCUT2D eigenvalue weighted by molar-refractivity contribution is 0.0984. The van der Waals surface area contributed by atoms with Crippen LogP contribution < -0.4 is 11.3 Å². The predicted octanol–water partition coefficient (Wildman–Crippen LogP) is 2.63. The average molecular weight is 255 g/mol. The predicted molar refractivity (Wildman–Crippen MR) is 57.3 cm³/mol. The van der Waals surface area contributed by atoms with E-state index >= 15 is 0 Å². The number of hydrazine groups is 1. The first-order valence-electron chi connectivity index (χ1n) is 4.22. The van der Waals surface area contributed by atoms with E-state index in [1.807, 2.05) is 0 Å². The molecule has 84 valence electrons. The minimum atomic E-state index is -2.52. The van der Waals surface area contributed by atoms with Crippen molar-refractivity contribution in [3.63, 3.8) is 0 Å². The summed E-state index contributed by atoms with van der Waals surface area (Å²) in [7, 11) is 0. The summed E-state index contributed by atoms with van der Waals surface area (Å²) in [4.78, 5) is 0. The Balaban J connectivity index is 2.75. The highest BCUT2D eigenvalue weighted by molar-refractivity contribution is 6.42. The van der Waals surface area contributed by atoms with Gasteiger partial charge < -0.3 is 0 Å². The van der Waals surface area contributed by atoms with Gasteiger partial charge in [0, 0.05) is 0 Å². The van der Waals surface area contributed by atoms with Crippen LogP contribution in [0, 0.1) is 0 Å². The number of hydrogen-bond acceptors (Lipinski definition) is 2. The van der Waals surface area contributed by atoms with E-state index in [4.69, 9.17) is 29.0 Å². The van der Waals surface area contributed by atoms with Gasteiger partial charge in [0.15, 0.2) is 0 Å². The Kier molecular flexibility index (Phi) is 4.73. The van der Waals surface area contributed by atoms with Crippen molar-refractivity contribution >= 4 is 23.2 Å². The largest absolute Gasteiger partial charge is 0.271 e. The number of rotatable bonds is 4. The summed E-state index contributed by atoms with van der Waals surface area (Å²) in [5.41, 5.74) is 2.72. The Hall–Kier alpha value is -0.420. The molecule has 0 heterocycles. The molecule has 0 bridgehead atoms. The Morgan fingerprint density at radius 1 is 1.27 bits per heavy atom. The summed E-state index contributed by atoms with van der Waals surface area (Å²) in [6, 6.07) is 3.68. The van der Waals surface area contributed by atoms with Crippen molar-refractivity contribution in [2.45, 2.75) is 18.9 Å². The molecule has 0 aliphatic rings. The third-order valence-electron chi connectivity index (χ3n) is 1.96. The lowest BCUT2D eigenvalue weighted by Gasteiger charge is -2.14. The van der Waals surface area contributed by atoms with Gasteiger partial charge in [0.2, 0.25) is 0 Å². The van der Waals surface area contributed by atoms with Gasteiger partial charge in [-0.15, -0.1) is 0 Å². The van der Waals surface area contributed by atoms with Gasteiger partial charge in [-0.25, -0.2) is 8.78 Å². The van der Waals surface area contributed by atoms with Crippen LogP contribution in [0.25, 0.3) is 0 Å². The molecule has 1 atom stereocenters. The molecule has 0 saturated heterocycles. The van der Waals surface area contributed by atoms with Gasteiger partial charge in [-0.2, -0.15) is 0 Å². The van der Waals surface area contributed by atoms with E-state index in [1.165, 1.54) is 0 Å². The van der Waals surface area contributed by atoms with Gasteiger partial charge in [0.1, 0.15) is 0 Å². The maximum atomic E-state index is 12.4. The Morgan fingerprint density at radius 2 is 1.93 bits per heavy atom. The molecule has 1 unspecified atom stereocenters. The van der Waals surface area contributed by atoms with Crippen molar-refractivity contribution < 1.29 is 8.78 Å². The second-order valence-corrected chi connectivity index (χ2v) is 3.87. The Morgan fingerprint density at radius 3 is 2.40 bits per heavy atom. The van der Waals surface area contributed by atoms with E-state index in [-0.39, 0.29) is 6.42 Å². The molecule has 0 fully saturated rings. The van der Waals surface area contributed by atoms with E-state index in [2.05, 4.69) is 5.43 Å². The van der Waals surface area contributed by atoms with Crippen molar-refractivity contribution in [3.05, 3.63) is 33.8 Å². The number of hydrogen-bond donors (Lipinski definition) is 2. The second-order valence-electron chi connectivity index (χ2n) is 3.06. The van der Waals surface area contributed by atoms with Crippen LogP contribution in [-0.2, 0) is 6.42 Å². The van der Waals surface area contributed by atoms with E-state index < -0.39 is 12.5 Å². The highest BCUT2D eigenvalue weighted by atomic mass is 35.5. The maximum absolute atomic E-state index is 12.4. The molecular weight excluding hydrogens is 245 g/mol. The van der Waals surface area contributed by atoms with Gasteiger partial charge in [0.05, 0.1) is 16.1 Å². The van der Waals surface area contributed by atoms with Crippen LogP contribution >= 0.6 is 23.2 Å². The van der Waals surface area contributed by atoms with E-state index in [0.717, 1.165) is 0 Å². The summed E-state index contributed by atoms with van der Waals surface area (Å²) >= 11 is 11.4. The molecule has 0 radical (unpaired) electrons. The minimum Gasteiger partial charge on any atom is -0.271 e. The fourth-order valence-electron chi connectivity index (χ4n) is 1.14. The molecule has 15 heavy (non-hydrogen) atoms. The zero-order chi connectivity index (χ0) is 11.4. The summed E-state index contributed by atoms with van der Waals surface area (Å²) in [5, 5.41) is 0.744. The summed E-state index contributed by atoms with van der Waals surface area (Å²) in [6.07, 6.45) is -2.42. The van der Waals surface area contributed by atoms with Crippen molar-refractivity contribution in [2.75, 3.05) is 0 Å². The number of nitrogens with one attached hydrogen (secondary N) is 1. The van der Waals surface area contributed by atoms with Crippen LogP contribution in [-0.4, -0.2) is 12.5 Å². The number of benzene rings is 1. The SMILES string of the molecule is NNC(Cc1ccc(Cl)c(Cl)c1)C(F)F. The third kappa shape index (κ3) is 3.57. The number of nitrogens with two attached hydrogens (primary N) is 1. The van der Waals surface area contributed by atoms with Crippen LogP contribution in [0.3, 0.4) is 0 Å². The van der Waals surface area contributed by atoms with E-state index in [1.54, 1.807) is 18.2 Å². The van der Waals surface area contributed by atoms with Gasteiger partial charge in [-0.05, 0) is 24.1 Å². The minimum absolute atomic E-state index is 0.102. The first-order chi connectivity index (χ1) is 7.04. The van der Waals surface area contributed by atoms with Crippen molar-refractivity contribution in [1.29, 1.82) is 0 Å². The molecule has 2 nitrogen and oxygen atoms in total. The van der Waals surface area contributed by atoms with E-state index in [9.17, 15) is 8.78 Å². The summed E-state index contributed by atoms with van der Waals surface area (Å²) in [6.45, 7) is 0. The molecule has 0 aliphatic heterocycles. The van der Waals surface area contributed by atoms with Crippen LogP contribution in [0.15, 0.2) is 18.2 Å². The van der Waals surface area contributed by atoms with E-state index in [0.29, 0.717) is 15.6 Å². The lowest BCUT2D eigenvalue weighted by atomic mass is 10.1. The molecule has 0 saturated carbocycles. The maximum Gasteiger partial charge on any atom is 0.255 e. The Labute approximate surface area is 96.3 Å². The molecular formula is C9H10Cl2F2N2. The third-order valence-corrected chi connectivity index (χ3v) is 2.70. The van der Waals surface area contributed by atoms with Gasteiger partial charge in [-0.1, -0.05) is 29.3 Å². The standard InChI is InChI=1S/C9H10Cl2F2N2/c10-6-2-1-5(3-7(6)11)4-8(15-14)9(12)13/h1-3,8-9,15H,4,14H2. The van der Waals surface area contributed by atoms with Gasteiger partial charge in [-0.3, -0.25) is 11.3 Å². The van der Waals surface area contributed by atoms with Gasteiger partial charge >= 0.3 is 0 Å². The normalized spacial score (nSPS) is 13.2. The number of halogens is 4. The topological polar surface area (TPSA) is 38.0 Å². The van der Waals surface area contributed by atoms with Crippen molar-refractivity contribution in [1.82, 2.24) is 5.43 Å². The van der Waals surface area contributed by atoms with Crippen molar-refractivity contribution in [2.24, 2.45) is 5.84 Å². The molecule has 0 amide bonds. The zero-order valence-corrected chi connectivity index (χ0v) is 9.19. The first-order valence-corrected chi connectivity index (χ1v) is 4.98. The number of alkyl halides is 2. The molecule has 0 spiro atoms. The highest BCUT2D eigenvalue weighted by Crippen LogP contribution is 2.23. The zero-order valence-electron chi connectivity index (χ0n) is 7.68. The summed E-state index contributed by atoms with van der Waals surface area (Å²) < 4.78 is 24.7. The Bertz CT molecular complexity index is 334. The van der Waals surface area contributed by atoms with Crippen molar-refractivity contribution in [3.8, 4) is 0 Å². The monoisotopic (exact) mass is 254 g/mol. The smallest absolute Gasteiger partial charge is 0.255 e. The van der Waals surface area contributed by atoms with Crippen LogP contribution in [0.5, 0.6) is 0 Å². The molecule has 1 rings (SSSR count). The molecule has 1 aromatic carbocycles. The van der Waals surface area contributed by atoms with Crippen LogP contribution in [0.1, 0.15) is 5.56 Å². The fourth-order valence-corrected chi connectivity index (χ4v) is 1.46.